The summed E-state index contributed by atoms with van der Waals surface area (Å²) in [5, 5.41) is 2.15. The Morgan fingerprint density at radius 1 is 1.69 bits per heavy atom. The van der Waals surface area contributed by atoms with Crippen molar-refractivity contribution >= 4 is 11.3 Å². The van der Waals surface area contributed by atoms with Crippen LogP contribution in [0.3, 0.4) is 0 Å². The summed E-state index contributed by atoms with van der Waals surface area (Å²) in [5.74, 6) is 0.648. The number of piperidine rings is 1. The third-order valence-corrected chi connectivity index (χ3v) is 4.38. The molecule has 1 aliphatic heterocycles. The molecule has 3 atom stereocenters. The number of nitrogens with zero attached hydrogens (tertiary/aromatic N) is 2. The molecule has 3 unspecified atom stereocenters. The van der Waals surface area contributed by atoms with Gasteiger partial charge in [0.25, 0.3) is 0 Å². The van der Waals surface area contributed by atoms with Crippen LogP contribution in [0.1, 0.15) is 38.4 Å². The molecule has 1 saturated heterocycles. The van der Waals surface area contributed by atoms with Crippen molar-refractivity contribution in [1.29, 1.82) is 0 Å². The van der Waals surface area contributed by atoms with Crippen LogP contribution in [0.2, 0.25) is 0 Å². The molecule has 90 valence electrons. The fourth-order valence-electron chi connectivity index (χ4n) is 2.48. The van der Waals surface area contributed by atoms with E-state index in [1.165, 1.54) is 12.1 Å². The van der Waals surface area contributed by atoms with Crippen molar-refractivity contribution in [3.8, 4) is 0 Å². The number of hydrogen-bond acceptors (Lipinski definition) is 4. The van der Waals surface area contributed by atoms with Gasteiger partial charge in [0.1, 0.15) is 0 Å². The lowest BCUT2D eigenvalue weighted by atomic mass is 9.90. The maximum Gasteiger partial charge on any atom is 0.0795 e. The van der Waals surface area contributed by atoms with E-state index in [1.54, 1.807) is 11.3 Å². The molecule has 1 aromatic heterocycles. The zero-order chi connectivity index (χ0) is 11.5. The van der Waals surface area contributed by atoms with E-state index in [0.29, 0.717) is 18.0 Å². The van der Waals surface area contributed by atoms with Crippen molar-refractivity contribution in [2.24, 2.45) is 11.7 Å². The maximum atomic E-state index is 6.13. The van der Waals surface area contributed by atoms with Crippen molar-refractivity contribution < 1.29 is 0 Å². The first-order valence-electron chi connectivity index (χ1n) is 6.10. The fraction of sp³-hybridized carbons (Fsp3) is 0.750. The molecular weight excluding hydrogens is 218 g/mol. The highest BCUT2D eigenvalue weighted by molar-refractivity contribution is 7.07. The van der Waals surface area contributed by atoms with Gasteiger partial charge in [-0.2, -0.15) is 0 Å². The third-order valence-electron chi connectivity index (χ3n) is 3.78. The standard InChI is InChI=1S/C12H21N3S/c1-3-10-6-15(5-4-11(10)13)9(2)12-7-16-8-14-12/h7-11H,3-6,13H2,1-2H3. The number of aromatic nitrogens is 1. The normalized spacial score (nSPS) is 29.2. The van der Waals surface area contributed by atoms with E-state index >= 15 is 0 Å². The summed E-state index contributed by atoms with van der Waals surface area (Å²) in [4.78, 5) is 6.93. The second kappa shape index (κ2) is 5.25. The first kappa shape index (κ1) is 12.0. The Hall–Kier alpha value is -0.450. The highest BCUT2D eigenvalue weighted by atomic mass is 32.1. The number of hydrogen-bond donors (Lipinski definition) is 1. The molecule has 0 aliphatic carbocycles. The van der Waals surface area contributed by atoms with Gasteiger partial charge >= 0.3 is 0 Å². The lowest BCUT2D eigenvalue weighted by molar-refractivity contribution is 0.112. The van der Waals surface area contributed by atoms with Gasteiger partial charge in [0, 0.05) is 24.5 Å². The quantitative estimate of drug-likeness (QED) is 0.880. The van der Waals surface area contributed by atoms with E-state index in [-0.39, 0.29) is 0 Å². The van der Waals surface area contributed by atoms with Crippen LogP contribution in [-0.2, 0) is 0 Å². The Morgan fingerprint density at radius 2 is 2.50 bits per heavy atom. The number of nitrogens with two attached hydrogens (primary N) is 1. The van der Waals surface area contributed by atoms with Crippen LogP contribution in [-0.4, -0.2) is 29.0 Å². The van der Waals surface area contributed by atoms with Crippen LogP contribution in [0.5, 0.6) is 0 Å². The van der Waals surface area contributed by atoms with Gasteiger partial charge < -0.3 is 5.73 Å². The number of rotatable bonds is 3. The van der Waals surface area contributed by atoms with Crippen LogP contribution in [0.4, 0.5) is 0 Å². The third kappa shape index (κ3) is 2.44. The molecule has 0 spiro atoms. The van der Waals surface area contributed by atoms with Gasteiger partial charge in [-0.15, -0.1) is 11.3 Å². The molecule has 1 aromatic rings. The Kier molecular flexibility index (Phi) is 3.95. The van der Waals surface area contributed by atoms with E-state index in [4.69, 9.17) is 5.73 Å². The SMILES string of the molecule is CCC1CN(C(C)c2cscn2)CCC1N. The van der Waals surface area contributed by atoms with Crippen molar-refractivity contribution in [3.63, 3.8) is 0 Å². The molecule has 2 heterocycles. The van der Waals surface area contributed by atoms with Gasteiger partial charge in [0.15, 0.2) is 0 Å². The Morgan fingerprint density at radius 3 is 3.12 bits per heavy atom. The zero-order valence-corrected chi connectivity index (χ0v) is 10.9. The van der Waals surface area contributed by atoms with E-state index in [9.17, 15) is 0 Å². The molecule has 16 heavy (non-hydrogen) atoms. The summed E-state index contributed by atoms with van der Waals surface area (Å²) >= 11 is 1.68. The molecule has 3 nitrogen and oxygen atoms in total. The molecule has 4 heteroatoms. The van der Waals surface area contributed by atoms with Gasteiger partial charge in [-0.1, -0.05) is 13.3 Å². The minimum atomic E-state index is 0.392. The number of likely N-dealkylation sites (tertiary alicyclic amines) is 1. The van der Waals surface area contributed by atoms with Gasteiger partial charge in [0.2, 0.25) is 0 Å². The van der Waals surface area contributed by atoms with Gasteiger partial charge in [-0.05, 0) is 19.3 Å². The average Bonchev–Trinajstić information content (AvgIpc) is 2.82. The van der Waals surface area contributed by atoms with Crippen LogP contribution < -0.4 is 5.73 Å². The predicted octanol–water partition coefficient (Wildman–Crippen LogP) is 2.26. The van der Waals surface area contributed by atoms with Crippen LogP contribution in [0.15, 0.2) is 10.9 Å². The minimum absolute atomic E-state index is 0.392. The van der Waals surface area contributed by atoms with E-state index in [2.05, 4.69) is 29.1 Å². The summed E-state index contributed by atoms with van der Waals surface area (Å²) in [7, 11) is 0. The molecule has 2 rings (SSSR count). The van der Waals surface area contributed by atoms with Gasteiger partial charge in [-0.3, -0.25) is 4.90 Å². The van der Waals surface area contributed by atoms with E-state index in [1.807, 2.05) is 5.51 Å². The summed E-state index contributed by atoms with van der Waals surface area (Å²) in [6.45, 7) is 6.72. The summed E-state index contributed by atoms with van der Waals surface area (Å²) in [6.07, 6.45) is 2.30. The van der Waals surface area contributed by atoms with Gasteiger partial charge in [-0.25, -0.2) is 4.98 Å². The second-order valence-corrected chi connectivity index (χ2v) is 5.42. The van der Waals surface area contributed by atoms with Crippen molar-refractivity contribution in [2.75, 3.05) is 13.1 Å². The maximum absolute atomic E-state index is 6.13. The van der Waals surface area contributed by atoms with E-state index < -0.39 is 0 Å². The molecule has 2 N–H and O–H groups in total. The minimum Gasteiger partial charge on any atom is -0.327 e. The zero-order valence-electron chi connectivity index (χ0n) is 10.1. The van der Waals surface area contributed by atoms with Crippen LogP contribution in [0, 0.1) is 5.92 Å². The topological polar surface area (TPSA) is 42.2 Å². The predicted molar refractivity (Wildman–Crippen MR) is 68.5 cm³/mol. The smallest absolute Gasteiger partial charge is 0.0795 e. The lowest BCUT2D eigenvalue weighted by Crippen LogP contribution is -2.47. The lowest BCUT2D eigenvalue weighted by Gasteiger charge is -2.39. The molecule has 0 radical (unpaired) electrons. The van der Waals surface area contributed by atoms with Crippen molar-refractivity contribution in [1.82, 2.24) is 9.88 Å². The Labute approximate surface area is 102 Å². The first-order chi connectivity index (χ1) is 7.72. The molecular formula is C12H21N3S. The molecule has 0 bridgehead atoms. The highest BCUT2D eigenvalue weighted by Crippen LogP contribution is 2.27. The summed E-state index contributed by atoms with van der Waals surface area (Å²) < 4.78 is 0. The Bertz CT molecular complexity index is 312. The monoisotopic (exact) mass is 239 g/mol. The summed E-state index contributed by atoms with van der Waals surface area (Å²) in [5.41, 5.74) is 9.25. The average molecular weight is 239 g/mol. The molecule has 1 fully saturated rings. The molecule has 0 aromatic carbocycles. The van der Waals surface area contributed by atoms with Crippen LogP contribution >= 0.6 is 11.3 Å². The molecule has 0 amide bonds. The number of thiazole rings is 1. The molecule has 1 aliphatic rings. The summed E-state index contributed by atoms with van der Waals surface area (Å²) in [6, 6.07) is 0.830. The van der Waals surface area contributed by atoms with Gasteiger partial charge in [0.05, 0.1) is 17.2 Å². The second-order valence-electron chi connectivity index (χ2n) is 4.71. The van der Waals surface area contributed by atoms with E-state index in [0.717, 1.165) is 19.5 Å². The van der Waals surface area contributed by atoms with Crippen LogP contribution in [0.25, 0.3) is 0 Å². The largest absolute Gasteiger partial charge is 0.327 e. The first-order valence-corrected chi connectivity index (χ1v) is 7.04. The van der Waals surface area contributed by atoms with Crippen molar-refractivity contribution in [3.05, 3.63) is 16.6 Å². The fourth-order valence-corrected chi connectivity index (χ4v) is 3.12. The Balaban J connectivity index is 2.00. The highest BCUT2D eigenvalue weighted by Gasteiger charge is 2.28. The van der Waals surface area contributed by atoms with Crippen molar-refractivity contribution in [2.45, 2.75) is 38.8 Å². The molecule has 0 saturated carbocycles.